The summed E-state index contributed by atoms with van der Waals surface area (Å²) in [5, 5.41) is 12.2. The Bertz CT molecular complexity index is 492. The third kappa shape index (κ3) is 4.59. The van der Waals surface area contributed by atoms with E-state index >= 15 is 0 Å². The van der Waals surface area contributed by atoms with Crippen molar-refractivity contribution in [1.29, 1.82) is 5.26 Å². The first-order valence-electron chi connectivity index (χ1n) is 6.36. The average molecular weight is 261 g/mol. The van der Waals surface area contributed by atoms with Crippen LogP contribution >= 0.6 is 0 Å². The molecule has 0 saturated heterocycles. The first-order chi connectivity index (χ1) is 9.08. The number of ether oxygens (including phenoxy) is 1. The molecule has 19 heavy (non-hydrogen) atoms. The number of nitrogens with zero attached hydrogens (tertiary/aromatic N) is 2. The molecule has 0 unspecified atom stereocenters. The van der Waals surface area contributed by atoms with Gasteiger partial charge in [0.1, 0.15) is 11.9 Å². The summed E-state index contributed by atoms with van der Waals surface area (Å²) in [6, 6.07) is 4.02. The summed E-state index contributed by atoms with van der Waals surface area (Å²) in [6.07, 6.45) is 1.02. The van der Waals surface area contributed by atoms with Crippen LogP contribution in [0.5, 0.6) is 0 Å². The number of anilines is 1. The second-order valence-electron chi connectivity index (χ2n) is 4.25. The Kier molecular flexibility index (Phi) is 5.80. The van der Waals surface area contributed by atoms with Gasteiger partial charge in [-0.1, -0.05) is 0 Å². The summed E-state index contributed by atoms with van der Waals surface area (Å²) >= 11 is 0. The van der Waals surface area contributed by atoms with Crippen LogP contribution in [0.25, 0.3) is 0 Å². The predicted molar refractivity (Wildman–Crippen MR) is 72.8 cm³/mol. The maximum absolute atomic E-state index is 11.2. The zero-order chi connectivity index (χ0) is 14.3. The minimum absolute atomic E-state index is 0.196. The Morgan fingerprint density at radius 3 is 2.89 bits per heavy atom. The maximum Gasteiger partial charge on any atom is 0.305 e. The van der Waals surface area contributed by atoms with Crippen LogP contribution in [0.15, 0.2) is 6.07 Å². The molecule has 0 aliphatic heterocycles. The number of esters is 1. The van der Waals surface area contributed by atoms with Gasteiger partial charge in [0.25, 0.3) is 0 Å². The molecule has 1 aromatic rings. The van der Waals surface area contributed by atoms with Crippen molar-refractivity contribution in [2.24, 2.45) is 0 Å². The lowest BCUT2D eigenvalue weighted by atomic mass is 10.1. The summed E-state index contributed by atoms with van der Waals surface area (Å²) in [5.41, 5.74) is 2.33. The normalized spacial score (nSPS) is 9.79. The zero-order valence-corrected chi connectivity index (χ0v) is 11.6. The fourth-order valence-electron chi connectivity index (χ4n) is 1.78. The van der Waals surface area contributed by atoms with Crippen molar-refractivity contribution in [2.45, 2.75) is 33.6 Å². The molecular formula is C14H19N3O2. The molecule has 102 valence electrons. The smallest absolute Gasteiger partial charge is 0.305 e. The number of aryl methyl sites for hydroxylation is 2. The lowest BCUT2D eigenvalue weighted by Crippen LogP contribution is -2.10. The van der Waals surface area contributed by atoms with Gasteiger partial charge in [0, 0.05) is 18.7 Å². The highest BCUT2D eigenvalue weighted by Crippen LogP contribution is 2.17. The van der Waals surface area contributed by atoms with Gasteiger partial charge in [-0.3, -0.25) is 4.79 Å². The van der Waals surface area contributed by atoms with Crippen LogP contribution in [0.2, 0.25) is 0 Å². The number of rotatable bonds is 6. The Morgan fingerprint density at radius 2 is 2.26 bits per heavy atom. The molecule has 0 saturated carbocycles. The summed E-state index contributed by atoms with van der Waals surface area (Å²) in [4.78, 5) is 15.5. The number of nitrogens with one attached hydrogen (secondary N) is 1. The molecule has 0 fully saturated rings. The molecule has 5 nitrogen and oxygen atoms in total. The van der Waals surface area contributed by atoms with E-state index in [0.29, 0.717) is 37.4 Å². The number of nitriles is 1. The SMILES string of the molecule is CCOC(=O)CCCNc1nc(C)cc(C)c1C#N. The van der Waals surface area contributed by atoms with Gasteiger partial charge in [-0.25, -0.2) is 4.98 Å². The maximum atomic E-state index is 11.2. The topological polar surface area (TPSA) is 75.0 Å². The Morgan fingerprint density at radius 1 is 1.53 bits per heavy atom. The van der Waals surface area contributed by atoms with Crippen molar-refractivity contribution in [3.8, 4) is 6.07 Å². The van der Waals surface area contributed by atoms with Crippen molar-refractivity contribution >= 4 is 11.8 Å². The first kappa shape index (κ1) is 15.0. The molecular weight excluding hydrogens is 242 g/mol. The van der Waals surface area contributed by atoms with Gasteiger partial charge in [-0.05, 0) is 38.8 Å². The monoisotopic (exact) mass is 261 g/mol. The predicted octanol–water partition coefficient (Wildman–Crippen LogP) is 2.33. The molecule has 0 amide bonds. The molecule has 1 N–H and O–H groups in total. The fraction of sp³-hybridized carbons (Fsp3) is 0.500. The van der Waals surface area contributed by atoms with Crippen LogP contribution in [0, 0.1) is 25.2 Å². The lowest BCUT2D eigenvalue weighted by Gasteiger charge is -2.10. The van der Waals surface area contributed by atoms with E-state index in [2.05, 4.69) is 16.4 Å². The van der Waals surface area contributed by atoms with Crippen molar-refractivity contribution < 1.29 is 9.53 Å². The number of carbonyl (C=O) groups is 1. The van der Waals surface area contributed by atoms with Gasteiger partial charge in [0.05, 0.1) is 12.2 Å². The minimum Gasteiger partial charge on any atom is -0.466 e. The molecule has 0 spiro atoms. The summed E-state index contributed by atoms with van der Waals surface area (Å²) in [7, 11) is 0. The molecule has 0 aliphatic rings. The number of pyridine rings is 1. The number of hydrogen-bond acceptors (Lipinski definition) is 5. The van der Waals surface area contributed by atoms with Crippen molar-refractivity contribution in [2.75, 3.05) is 18.5 Å². The third-order valence-corrected chi connectivity index (χ3v) is 2.61. The van der Waals surface area contributed by atoms with Crippen LogP contribution in [-0.2, 0) is 9.53 Å². The quantitative estimate of drug-likeness (QED) is 0.628. The molecule has 0 atom stereocenters. The van der Waals surface area contributed by atoms with E-state index in [4.69, 9.17) is 10.00 Å². The van der Waals surface area contributed by atoms with E-state index in [1.54, 1.807) is 6.92 Å². The second kappa shape index (κ2) is 7.37. The molecule has 0 aromatic carbocycles. The van der Waals surface area contributed by atoms with E-state index in [1.807, 2.05) is 19.9 Å². The van der Waals surface area contributed by atoms with Crippen LogP contribution in [-0.4, -0.2) is 24.1 Å². The van der Waals surface area contributed by atoms with E-state index in [9.17, 15) is 4.79 Å². The summed E-state index contributed by atoms with van der Waals surface area (Å²) in [6.45, 7) is 6.55. The third-order valence-electron chi connectivity index (χ3n) is 2.61. The van der Waals surface area contributed by atoms with Crippen molar-refractivity contribution in [3.05, 3.63) is 22.9 Å². The Labute approximate surface area is 113 Å². The highest BCUT2D eigenvalue weighted by Gasteiger charge is 2.08. The van der Waals surface area contributed by atoms with E-state index < -0.39 is 0 Å². The molecule has 0 bridgehead atoms. The van der Waals surface area contributed by atoms with Gasteiger partial charge in [-0.2, -0.15) is 5.26 Å². The largest absolute Gasteiger partial charge is 0.466 e. The first-order valence-corrected chi connectivity index (χ1v) is 6.36. The van der Waals surface area contributed by atoms with Crippen LogP contribution in [0.4, 0.5) is 5.82 Å². The molecule has 1 aromatic heterocycles. The lowest BCUT2D eigenvalue weighted by molar-refractivity contribution is -0.143. The number of aromatic nitrogens is 1. The van der Waals surface area contributed by atoms with Crippen LogP contribution < -0.4 is 5.32 Å². The Hall–Kier alpha value is -2.09. The number of carbonyl (C=O) groups excluding carboxylic acids is 1. The van der Waals surface area contributed by atoms with Crippen molar-refractivity contribution in [1.82, 2.24) is 4.98 Å². The van der Waals surface area contributed by atoms with Gasteiger partial charge in [0.15, 0.2) is 0 Å². The zero-order valence-electron chi connectivity index (χ0n) is 11.6. The van der Waals surface area contributed by atoms with E-state index in [0.717, 1.165) is 11.3 Å². The summed E-state index contributed by atoms with van der Waals surface area (Å²) < 4.78 is 4.84. The van der Waals surface area contributed by atoms with Gasteiger partial charge >= 0.3 is 5.97 Å². The molecule has 0 aliphatic carbocycles. The van der Waals surface area contributed by atoms with Gasteiger partial charge in [0.2, 0.25) is 0 Å². The fourth-order valence-corrected chi connectivity index (χ4v) is 1.78. The van der Waals surface area contributed by atoms with Gasteiger partial charge < -0.3 is 10.1 Å². The van der Waals surface area contributed by atoms with Crippen LogP contribution in [0.1, 0.15) is 36.6 Å². The average Bonchev–Trinajstić information content (AvgIpc) is 2.34. The Balaban J connectivity index is 2.54. The van der Waals surface area contributed by atoms with Crippen LogP contribution in [0.3, 0.4) is 0 Å². The number of hydrogen-bond donors (Lipinski definition) is 1. The minimum atomic E-state index is -0.196. The van der Waals surface area contributed by atoms with E-state index in [1.165, 1.54) is 0 Å². The molecule has 1 rings (SSSR count). The highest BCUT2D eigenvalue weighted by atomic mass is 16.5. The summed E-state index contributed by atoms with van der Waals surface area (Å²) in [5.74, 6) is 0.391. The second-order valence-corrected chi connectivity index (χ2v) is 4.25. The van der Waals surface area contributed by atoms with Crippen molar-refractivity contribution in [3.63, 3.8) is 0 Å². The van der Waals surface area contributed by atoms with Gasteiger partial charge in [-0.15, -0.1) is 0 Å². The highest BCUT2D eigenvalue weighted by molar-refractivity contribution is 5.69. The molecule has 0 radical (unpaired) electrons. The standard InChI is InChI=1S/C14H19N3O2/c1-4-19-13(18)6-5-7-16-14-12(9-15)10(2)8-11(3)17-14/h8H,4-7H2,1-3H3,(H,16,17). The van der Waals surface area contributed by atoms with E-state index in [-0.39, 0.29) is 5.97 Å². The molecule has 1 heterocycles. The molecule has 5 heteroatoms.